The van der Waals surface area contributed by atoms with E-state index in [1.165, 1.54) is 23.7 Å². The number of carbonyl (C=O) groups is 1. The van der Waals surface area contributed by atoms with E-state index in [1.54, 1.807) is 29.9 Å². The number of thioether (sulfide) groups is 1. The number of benzene rings is 2. The molecule has 6 nitrogen and oxygen atoms in total. The molecule has 1 spiro atoms. The summed E-state index contributed by atoms with van der Waals surface area (Å²) in [5, 5.41) is 3.87. The van der Waals surface area contributed by atoms with Crippen LogP contribution in [0.25, 0.3) is 11.3 Å². The molecule has 2 aliphatic carbocycles. The van der Waals surface area contributed by atoms with Crippen molar-refractivity contribution in [3.05, 3.63) is 69.0 Å². The Labute approximate surface area is 220 Å². The van der Waals surface area contributed by atoms with E-state index in [9.17, 15) is 9.59 Å². The standard InChI is InChI=1S/C28H30ClN3O3S/c1-3-32-26(34)24-25(20-10-6-5-9-18(20)16-28(24)13-7-4-8-14-28)31-27(32)36-17-23(33)30-19-11-12-22(35-2)21(29)15-19/h5-6,9-12,15H,3-4,7-8,13-14,16-17H2,1-2H3,(H,30,33). The molecule has 2 aromatic carbocycles. The van der Waals surface area contributed by atoms with Crippen LogP contribution in [0.2, 0.25) is 5.02 Å². The molecule has 0 aliphatic heterocycles. The Hall–Kier alpha value is -2.77. The number of anilines is 1. The number of nitrogens with zero attached hydrogens (tertiary/aromatic N) is 2. The highest BCUT2D eigenvalue weighted by Gasteiger charge is 2.43. The number of hydrogen-bond acceptors (Lipinski definition) is 5. The van der Waals surface area contributed by atoms with Crippen LogP contribution in [0.1, 0.15) is 50.2 Å². The summed E-state index contributed by atoms with van der Waals surface area (Å²) in [6.45, 7) is 2.47. The van der Waals surface area contributed by atoms with Gasteiger partial charge in [0, 0.05) is 23.2 Å². The first-order chi connectivity index (χ1) is 17.5. The molecule has 3 aromatic rings. The van der Waals surface area contributed by atoms with Crippen LogP contribution in [0.15, 0.2) is 52.4 Å². The lowest BCUT2D eigenvalue weighted by atomic mass is 9.62. The molecule has 0 atom stereocenters. The SMILES string of the molecule is CCn1c(SCC(=O)Nc2ccc(OC)c(Cl)c2)nc2c(c1=O)C1(CCCCC1)Cc1ccccc1-2. The molecule has 1 saturated carbocycles. The average molecular weight is 524 g/mol. The quantitative estimate of drug-likeness (QED) is 0.313. The van der Waals surface area contributed by atoms with Crippen LogP contribution in [0.5, 0.6) is 5.75 Å². The molecule has 1 heterocycles. The molecular formula is C28H30ClN3O3S. The highest BCUT2D eigenvalue weighted by atomic mass is 35.5. The van der Waals surface area contributed by atoms with Crippen LogP contribution >= 0.6 is 23.4 Å². The summed E-state index contributed by atoms with van der Waals surface area (Å²) in [4.78, 5) is 31.8. The van der Waals surface area contributed by atoms with Gasteiger partial charge in [-0.2, -0.15) is 0 Å². The predicted octanol–water partition coefficient (Wildman–Crippen LogP) is 6.08. The van der Waals surface area contributed by atoms with E-state index in [1.807, 2.05) is 13.0 Å². The summed E-state index contributed by atoms with van der Waals surface area (Å²) in [6, 6.07) is 13.4. The maximum atomic E-state index is 14.0. The maximum absolute atomic E-state index is 14.0. The summed E-state index contributed by atoms with van der Waals surface area (Å²) in [5.74, 6) is 0.479. The van der Waals surface area contributed by atoms with E-state index in [2.05, 4.69) is 23.5 Å². The van der Waals surface area contributed by atoms with Crippen molar-refractivity contribution in [3.8, 4) is 17.0 Å². The third-order valence-electron chi connectivity index (χ3n) is 7.36. The Balaban J connectivity index is 1.47. The van der Waals surface area contributed by atoms with E-state index in [-0.39, 0.29) is 22.6 Å². The van der Waals surface area contributed by atoms with Gasteiger partial charge < -0.3 is 10.1 Å². The number of ether oxygens (including phenoxy) is 1. The molecule has 0 bridgehead atoms. The molecule has 0 unspecified atom stereocenters. The lowest BCUT2D eigenvalue weighted by Gasteiger charge is -2.42. The summed E-state index contributed by atoms with van der Waals surface area (Å²) in [6.07, 6.45) is 6.44. The van der Waals surface area contributed by atoms with Crippen molar-refractivity contribution in [1.82, 2.24) is 9.55 Å². The number of halogens is 1. The molecular weight excluding hydrogens is 494 g/mol. The van der Waals surface area contributed by atoms with Crippen LogP contribution < -0.4 is 15.6 Å². The second-order valence-electron chi connectivity index (χ2n) is 9.53. The van der Waals surface area contributed by atoms with Crippen LogP contribution in [0.4, 0.5) is 5.69 Å². The molecule has 36 heavy (non-hydrogen) atoms. The van der Waals surface area contributed by atoms with Crippen molar-refractivity contribution in [2.75, 3.05) is 18.2 Å². The van der Waals surface area contributed by atoms with Crippen molar-refractivity contribution in [2.24, 2.45) is 0 Å². The highest BCUT2D eigenvalue weighted by Crippen LogP contribution is 2.48. The summed E-state index contributed by atoms with van der Waals surface area (Å²) < 4.78 is 6.91. The smallest absolute Gasteiger partial charge is 0.258 e. The fourth-order valence-corrected chi connectivity index (χ4v) is 6.80. The molecule has 5 rings (SSSR count). The highest BCUT2D eigenvalue weighted by molar-refractivity contribution is 7.99. The first kappa shape index (κ1) is 24.9. The van der Waals surface area contributed by atoms with Crippen LogP contribution in [-0.2, 0) is 23.2 Å². The number of methoxy groups -OCH3 is 1. The Kier molecular flexibility index (Phi) is 7.13. The fourth-order valence-electron chi connectivity index (χ4n) is 5.68. The number of amides is 1. The van der Waals surface area contributed by atoms with Crippen molar-refractivity contribution in [3.63, 3.8) is 0 Å². The van der Waals surface area contributed by atoms with Gasteiger partial charge >= 0.3 is 0 Å². The van der Waals surface area contributed by atoms with Gasteiger partial charge in [0.25, 0.3) is 5.56 Å². The Bertz CT molecular complexity index is 1360. The minimum Gasteiger partial charge on any atom is -0.495 e. The van der Waals surface area contributed by atoms with Crippen molar-refractivity contribution in [1.29, 1.82) is 0 Å². The summed E-state index contributed by atoms with van der Waals surface area (Å²) >= 11 is 7.47. The zero-order valence-corrected chi connectivity index (χ0v) is 22.2. The molecule has 188 valence electrons. The number of aromatic nitrogens is 2. The largest absolute Gasteiger partial charge is 0.495 e. The second kappa shape index (κ2) is 10.3. The number of rotatable bonds is 6. The maximum Gasteiger partial charge on any atom is 0.258 e. The molecule has 1 amide bonds. The van der Waals surface area contributed by atoms with E-state index >= 15 is 0 Å². The van der Waals surface area contributed by atoms with Gasteiger partial charge in [0.2, 0.25) is 5.91 Å². The van der Waals surface area contributed by atoms with Crippen molar-refractivity contribution in [2.45, 2.75) is 62.6 Å². The first-order valence-corrected chi connectivity index (χ1v) is 13.8. The third-order valence-corrected chi connectivity index (χ3v) is 8.63. The Morgan fingerprint density at radius 3 is 2.69 bits per heavy atom. The molecule has 8 heteroatoms. The monoisotopic (exact) mass is 523 g/mol. The van der Waals surface area contributed by atoms with Gasteiger partial charge in [-0.3, -0.25) is 14.2 Å². The van der Waals surface area contributed by atoms with Crippen LogP contribution in [0.3, 0.4) is 0 Å². The zero-order valence-electron chi connectivity index (χ0n) is 20.6. The van der Waals surface area contributed by atoms with Gasteiger partial charge in [0.15, 0.2) is 5.16 Å². The predicted molar refractivity (Wildman–Crippen MR) is 145 cm³/mol. The Morgan fingerprint density at radius 1 is 1.19 bits per heavy atom. The minimum absolute atomic E-state index is 0.0451. The lowest BCUT2D eigenvalue weighted by Crippen LogP contribution is -2.43. The number of carbonyl (C=O) groups excluding carboxylic acids is 1. The van der Waals surface area contributed by atoms with Gasteiger partial charge in [0.05, 0.1) is 29.1 Å². The van der Waals surface area contributed by atoms with Gasteiger partial charge in [-0.05, 0) is 49.9 Å². The summed E-state index contributed by atoms with van der Waals surface area (Å²) in [5.41, 5.74) is 4.48. The average Bonchev–Trinajstić information content (AvgIpc) is 2.88. The van der Waals surface area contributed by atoms with Gasteiger partial charge in [-0.1, -0.05) is 66.9 Å². The third kappa shape index (κ3) is 4.55. The normalized spacial score (nSPS) is 15.8. The van der Waals surface area contributed by atoms with Crippen molar-refractivity contribution < 1.29 is 9.53 Å². The van der Waals surface area contributed by atoms with Crippen LogP contribution in [0, 0.1) is 0 Å². The van der Waals surface area contributed by atoms with Gasteiger partial charge in [-0.25, -0.2) is 4.98 Å². The fraction of sp³-hybridized carbons (Fsp3) is 0.393. The molecule has 0 saturated heterocycles. The van der Waals surface area contributed by atoms with Crippen LogP contribution in [-0.4, -0.2) is 28.3 Å². The Morgan fingerprint density at radius 2 is 1.97 bits per heavy atom. The van der Waals surface area contributed by atoms with Crippen molar-refractivity contribution >= 4 is 35.0 Å². The zero-order chi connectivity index (χ0) is 25.3. The number of hydrogen-bond donors (Lipinski definition) is 1. The van der Waals surface area contributed by atoms with E-state index in [0.717, 1.165) is 48.9 Å². The van der Waals surface area contributed by atoms with E-state index in [4.69, 9.17) is 21.3 Å². The van der Waals surface area contributed by atoms with Gasteiger partial charge in [0.1, 0.15) is 5.75 Å². The molecule has 1 fully saturated rings. The lowest BCUT2D eigenvalue weighted by molar-refractivity contribution is -0.113. The van der Waals surface area contributed by atoms with Gasteiger partial charge in [-0.15, -0.1) is 0 Å². The first-order valence-electron chi connectivity index (χ1n) is 12.5. The molecule has 0 radical (unpaired) electrons. The van der Waals surface area contributed by atoms with E-state index in [0.29, 0.717) is 28.2 Å². The summed E-state index contributed by atoms with van der Waals surface area (Å²) in [7, 11) is 1.55. The minimum atomic E-state index is -0.194. The molecule has 1 N–H and O–H groups in total. The number of nitrogens with one attached hydrogen (secondary N) is 1. The molecule has 1 aromatic heterocycles. The number of fused-ring (bicyclic) bond motifs is 4. The molecule has 2 aliphatic rings. The van der Waals surface area contributed by atoms with E-state index < -0.39 is 0 Å². The topological polar surface area (TPSA) is 73.2 Å². The second-order valence-corrected chi connectivity index (χ2v) is 10.9.